The van der Waals surface area contributed by atoms with Crippen LogP contribution in [0.2, 0.25) is 0 Å². The number of rotatable bonds is 4. The lowest BCUT2D eigenvalue weighted by molar-refractivity contribution is 0.295. The Kier molecular flexibility index (Phi) is 5.87. The van der Waals surface area contributed by atoms with Crippen molar-refractivity contribution in [3.63, 3.8) is 0 Å². The van der Waals surface area contributed by atoms with Gasteiger partial charge in [0, 0.05) is 19.6 Å². The molecule has 0 saturated heterocycles. The summed E-state index contributed by atoms with van der Waals surface area (Å²) in [6.07, 6.45) is 0. The second kappa shape index (κ2) is 5.46. The van der Waals surface area contributed by atoms with E-state index in [1.807, 2.05) is 0 Å². The van der Waals surface area contributed by atoms with Crippen molar-refractivity contribution in [2.24, 2.45) is 0 Å². The summed E-state index contributed by atoms with van der Waals surface area (Å²) in [4.78, 5) is 0. The lowest BCUT2D eigenvalue weighted by Gasteiger charge is -2.08. The summed E-state index contributed by atoms with van der Waals surface area (Å²) >= 11 is 11.4. The Bertz CT molecular complexity index is 184. The Morgan fingerprint density at radius 1 is 1.45 bits per heavy atom. The van der Waals surface area contributed by atoms with Gasteiger partial charge in [0.25, 0.3) is 0 Å². The van der Waals surface area contributed by atoms with Crippen LogP contribution in [0.3, 0.4) is 0 Å². The van der Waals surface area contributed by atoms with Gasteiger partial charge in [0.05, 0.1) is 0 Å². The Labute approximate surface area is 79.3 Å². The van der Waals surface area contributed by atoms with Gasteiger partial charge in [0.1, 0.15) is 4.49 Å². The molecular weight excluding hydrogens is 230 g/mol. The fourth-order valence-corrected chi connectivity index (χ4v) is 2.65. The van der Waals surface area contributed by atoms with Crippen molar-refractivity contribution in [2.45, 2.75) is 0 Å². The zero-order valence-electron chi connectivity index (χ0n) is 5.91. The maximum atomic E-state index is 11.2. The van der Waals surface area contributed by atoms with Gasteiger partial charge < -0.3 is 9.05 Å². The van der Waals surface area contributed by atoms with Crippen LogP contribution in [0.15, 0.2) is 9.90 Å². The van der Waals surface area contributed by atoms with Gasteiger partial charge in [0.2, 0.25) is 0 Å². The monoisotopic (exact) mass is 236 g/mol. The second-order valence-corrected chi connectivity index (χ2v) is 6.38. The topological polar surface area (TPSA) is 35.5 Å². The second-order valence-electron chi connectivity index (χ2n) is 1.33. The lowest BCUT2D eigenvalue weighted by atomic mass is 11.2. The molecule has 0 bridgehead atoms. The first-order valence-corrected chi connectivity index (χ1v) is 6.23. The minimum absolute atomic E-state index is 0.0179. The average molecular weight is 237 g/mol. The van der Waals surface area contributed by atoms with Gasteiger partial charge in [-0.2, -0.15) is 0 Å². The van der Waals surface area contributed by atoms with Crippen LogP contribution in [0.4, 0.5) is 0 Å². The predicted octanol–water partition coefficient (Wildman–Crippen LogP) is 3.40. The Morgan fingerprint density at radius 2 is 1.91 bits per heavy atom. The van der Waals surface area contributed by atoms with Crippen LogP contribution in [0, 0.1) is 0 Å². The molecule has 0 unspecified atom stereocenters. The highest BCUT2D eigenvalue weighted by Gasteiger charge is 2.20. The van der Waals surface area contributed by atoms with E-state index in [9.17, 15) is 4.57 Å². The molecule has 3 nitrogen and oxygen atoms in total. The quantitative estimate of drug-likeness (QED) is 0.702. The van der Waals surface area contributed by atoms with Gasteiger partial charge >= 0.3 is 6.80 Å². The largest absolute Gasteiger partial charge is 0.392 e. The molecule has 0 radical (unpaired) electrons. The SMILES string of the molecule is COP(=O)(OC)SC=C(Cl)Cl. The summed E-state index contributed by atoms with van der Waals surface area (Å²) in [7, 11) is 2.57. The highest BCUT2D eigenvalue weighted by Crippen LogP contribution is 2.60. The van der Waals surface area contributed by atoms with Gasteiger partial charge in [-0.25, -0.2) is 4.57 Å². The molecule has 0 aliphatic heterocycles. The van der Waals surface area contributed by atoms with Gasteiger partial charge in [-0.05, 0) is 11.4 Å². The molecule has 66 valence electrons. The fraction of sp³-hybridized carbons (Fsp3) is 0.500. The molecule has 0 saturated carbocycles. The van der Waals surface area contributed by atoms with Crippen molar-refractivity contribution in [2.75, 3.05) is 14.2 Å². The molecule has 7 heteroatoms. The van der Waals surface area contributed by atoms with Gasteiger partial charge in [-0.1, -0.05) is 23.2 Å². The molecule has 0 N–H and O–H groups in total. The molecule has 0 spiro atoms. The molecule has 0 rings (SSSR count). The fourth-order valence-electron chi connectivity index (χ4n) is 0.265. The van der Waals surface area contributed by atoms with E-state index in [1.54, 1.807) is 0 Å². The molecule has 11 heavy (non-hydrogen) atoms. The van der Waals surface area contributed by atoms with E-state index in [0.717, 1.165) is 11.4 Å². The summed E-state index contributed by atoms with van der Waals surface area (Å²) in [5, 5.41) is 1.29. The molecule has 0 aromatic heterocycles. The summed E-state index contributed by atoms with van der Waals surface area (Å²) in [5.41, 5.74) is 0. The van der Waals surface area contributed by atoms with E-state index in [0.29, 0.717) is 0 Å². The van der Waals surface area contributed by atoms with E-state index in [2.05, 4.69) is 9.05 Å². The molecule has 0 aliphatic rings. The first-order valence-electron chi connectivity index (χ1n) is 2.45. The summed E-state index contributed by atoms with van der Waals surface area (Å²) in [5.74, 6) is 0. The maximum absolute atomic E-state index is 11.2. The average Bonchev–Trinajstić information content (AvgIpc) is 2.00. The highest BCUT2D eigenvalue weighted by molar-refractivity contribution is 8.56. The maximum Gasteiger partial charge on any atom is 0.392 e. The molecule has 0 aliphatic carbocycles. The van der Waals surface area contributed by atoms with Crippen molar-refractivity contribution in [3.05, 3.63) is 9.90 Å². The Balaban J connectivity index is 4.10. The molecule has 0 aromatic rings. The Morgan fingerprint density at radius 3 is 2.18 bits per heavy atom. The van der Waals surface area contributed by atoms with E-state index in [1.165, 1.54) is 19.6 Å². The van der Waals surface area contributed by atoms with Crippen molar-refractivity contribution < 1.29 is 13.6 Å². The summed E-state index contributed by atoms with van der Waals surface area (Å²) < 4.78 is 20.4. The van der Waals surface area contributed by atoms with Gasteiger partial charge in [-0.15, -0.1) is 0 Å². The van der Waals surface area contributed by atoms with E-state index >= 15 is 0 Å². The number of hydrogen-bond donors (Lipinski definition) is 0. The van der Waals surface area contributed by atoms with E-state index in [4.69, 9.17) is 23.2 Å². The number of hydrogen-bond acceptors (Lipinski definition) is 4. The van der Waals surface area contributed by atoms with Crippen LogP contribution in [-0.2, 0) is 13.6 Å². The van der Waals surface area contributed by atoms with E-state index in [-0.39, 0.29) is 4.49 Å². The van der Waals surface area contributed by atoms with Crippen LogP contribution in [0.1, 0.15) is 0 Å². The lowest BCUT2D eigenvalue weighted by Crippen LogP contribution is -1.80. The third kappa shape index (κ3) is 5.12. The van der Waals surface area contributed by atoms with Crippen LogP contribution in [0.25, 0.3) is 0 Å². The number of halogens is 2. The summed E-state index contributed by atoms with van der Waals surface area (Å²) in [6, 6.07) is 0. The zero-order valence-corrected chi connectivity index (χ0v) is 9.14. The first-order chi connectivity index (χ1) is 5.04. The van der Waals surface area contributed by atoms with Crippen molar-refractivity contribution >= 4 is 41.4 Å². The van der Waals surface area contributed by atoms with Crippen LogP contribution >= 0.6 is 41.4 Å². The third-order valence-corrected chi connectivity index (χ3v) is 4.67. The van der Waals surface area contributed by atoms with Crippen molar-refractivity contribution in [1.82, 2.24) is 0 Å². The standard InChI is InChI=1S/C4H7Cl2O3PS/c1-8-10(7,9-2)11-3-4(5)6/h3H,1-2H3. The molecule has 0 fully saturated rings. The van der Waals surface area contributed by atoms with E-state index < -0.39 is 6.80 Å². The van der Waals surface area contributed by atoms with Gasteiger partial charge in [0.15, 0.2) is 0 Å². The van der Waals surface area contributed by atoms with Crippen molar-refractivity contribution in [1.29, 1.82) is 0 Å². The van der Waals surface area contributed by atoms with Crippen molar-refractivity contribution in [3.8, 4) is 0 Å². The molecule has 0 atom stereocenters. The van der Waals surface area contributed by atoms with Crippen LogP contribution in [-0.4, -0.2) is 14.2 Å². The molecule has 0 heterocycles. The normalized spacial score (nSPS) is 11.3. The summed E-state index contributed by atoms with van der Waals surface area (Å²) in [6.45, 7) is -3.06. The predicted molar refractivity (Wildman–Crippen MR) is 49.0 cm³/mol. The molecule has 0 amide bonds. The Hall–Kier alpha value is 0.820. The zero-order chi connectivity index (χ0) is 8.91. The highest BCUT2D eigenvalue weighted by atomic mass is 35.5. The molecular formula is C4H7Cl2O3PS. The minimum atomic E-state index is -3.06. The minimum Gasteiger partial charge on any atom is -0.304 e. The smallest absolute Gasteiger partial charge is 0.304 e. The molecule has 0 aromatic carbocycles. The van der Waals surface area contributed by atoms with Gasteiger partial charge in [-0.3, -0.25) is 0 Å². The third-order valence-electron chi connectivity index (χ3n) is 0.718. The van der Waals surface area contributed by atoms with Crippen LogP contribution in [0.5, 0.6) is 0 Å². The van der Waals surface area contributed by atoms with Crippen LogP contribution < -0.4 is 0 Å². The first kappa shape index (κ1) is 11.8.